The molecule has 2 aromatic carbocycles. The maximum atomic E-state index is 6.42. The fourth-order valence-electron chi connectivity index (χ4n) is 2.48. The van der Waals surface area contributed by atoms with Crippen molar-refractivity contribution in [2.75, 3.05) is 13.2 Å². The van der Waals surface area contributed by atoms with Crippen molar-refractivity contribution in [1.82, 2.24) is 0 Å². The average Bonchev–Trinajstić information content (AvgIpc) is 2.49. The predicted molar refractivity (Wildman–Crippen MR) is 79.4 cm³/mol. The van der Waals surface area contributed by atoms with Gasteiger partial charge in [-0.25, -0.2) is 0 Å². The third-order valence-corrected chi connectivity index (χ3v) is 3.82. The van der Waals surface area contributed by atoms with Gasteiger partial charge in [0.2, 0.25) is 0 Å². The summed E-state index contributed by atoms with van der Waals surface area (Å²) in [5.74, 6) is 1.57. The Morgan fingerprint density at radius 2 is 1.80 bits per heavy atom. The fourth-order valence-corrected chi connectivity index (χ4v) is 2.48. The molecule has 0 aromatic heterocycles. The summed E-state index contributed by atoms with van der Waals surface area (Å²) < 4.78 is 11.4. The van der Waals surface area contributed by atoms with Gasteiger partial charge in [0.25, 0.3) is 0 Å². The van der Waals surface area contributed by atoms with Crippen LogP contribution in [0.4, 0.5) is 0 Å². The van der Waals surface area contributed by atoms with Gasteiger partial charge >= 0.3 is 0 Å². The lowest BCUT2D eigenvalue weighted by atomic mass is 9.95. The minimum Gasteiger partial charge on any atom is -0.486 e. The molecule has 1 heterocycles. The number of ether oxygens (including phenoxy) is 2. The van der Waals surface area contributed by atoms with Gasteiger partial charge in [-0.15, -0.1) is 0 Å². The van der Waals surface area contributed by atoms with Gasteiger partial charge in [-0.3, -0.25) is 0 Å². The molecule has 3 nitrogen and oxygen atoms in total. The van der Waals surface area contributed by atoms with Gasteiger partial charge in [0, 0.05) is 5.56 Å². The first-order valence-corrected chi connectivity index (χ1v) is 6.88. The van der Waals surface area contributed by atoms with E-state index in [4.69, 9.17) is 15.2 Å². The summed E-state index contributed by atoms with van der Waals surface area (Å²) in [6, 6.07) is 12.0. The normalized spacial score (nSPS) is 14.9. The summed E-state index contributed by atoms with van der Waals surface area (Å²) in [7, 11) is 0. The second-order valence-electron chi connectivity index (χ2n) is 5.19. The molecule has 1 atom stereocenters. The minimum atomic E-state index is -0.203. The number of fused-ring (bicyclic) bond motifs is 1. The molecular weight excluding hydrogens is 250 g/mol. The second-order valence-corrected chi connectivity index (χ2v) is 5.19. The SMILES string of the molecule is Cc1ccc(C(N)c2cccc3c2OCCO3)cc1C. The fraction of sp³-hybridized carbons (Fsp3) is 0.294. The third-order valence-electron chi connectivity index (χ3n) is 3.82. The molecule has 1 aliphatic rings. The number of hydrogen-bond donors (Lipinski definition) is 1. The van der Waals surface area contributed by atoms with E-state index in [2.05, 4.69) is 32.0 Å². The van der Waals surface area contributed by atoms with E-state index in [0.717, 1.165) is 22.6 Å². The minimum absolute atomic E-state index is 0.203. The molecule has 1 unspecified atom stereocenters. The van der Waals surface area contributed by atoms with Crippen LogP contribution < -0.4 is 15.2 Å². The first-order chi connectivity index (χ1) is 9.66. The highest BCUT2D eigenvalue weighted by atomic mass is 16.6. The van der Waals surface area contributed by atoms with Gasteiger partial charge in [-0.1, -0.05) is 30.3 Å². The van der Waals surface area contributed by atoms with E-state index in [1.165, 1.54) is 11.1 Å². The maximum absolute atomic E-state index is 6.42. The molecule has 20 heavy (non-hydrogen) atoms. The number of aryl methyl sites for hydroxylation is 2. The van der Waals surface area contributed by atoms with Gasteiger partial charge in [0.15, 0.2) is 11.5 Å². The van der Waals surface area contributed by atoms with Crippen LogP contribution in [0.1, 0.15) is 28.3 Å². The predicted octanol–water partition coefficient (Wildman–Crippen LogP) is 3.12. The van der Waals surface area contributed by atoms with Crippen LogP contribution in [0.3, 0.4) is 0 Å². The Labute approximate surface area is 119 Å². The second kappa shape index (κ2) is 5.17. The van der Waals surface area contributed by atoms with Crippen LogP contribution >= 0.6 is 0 Å². The van der Waals surface area contributed by atoms with Gasteiger partial charge in [0.05, 0.1) is 6.04 Å². The van der Waals surface area contributed by atoms with Crippen LogP contribution in [0.25, 0.3) is 0 Å². The van der Waals surface area contributed by atoms with Crippen LogP contribution in [-0.2, 0) is 0 Å². The first kappa shape index (κ1) is 13.0. The zero-order chi connectivity index (χ0) is 14.1. The lowest BCUT2D eigenvalue weighted by Gasteiger charge is -2.24. The van der Waals surface area contributed by atoms with E-state index in [9.17, 15) is 0 Å². The molecule has 0 saturated heterocycles. The molecule has 0 fully saturated rings. The molecule has 0 aliphatic carbocycles. The van der Waals surface area contributed by atoms with Crippen LogP contribution in [0, 0.1) is 13.8 Å². The van der Waals surface area contributed by atoms with Gasteiger partial charge < -0.3 is 15.2 Å². The van der Waals surface area contributed by atoms with Gasteiger partial charge in [-0.05, 0) is 36.6 Å². The topological polar surface area (TPSA) is 44.5 Å². The Kier molecular flexibility index (Phi) is 3.36. The lowest BCUT2D eigenvalue weighted by molar-refractivity contribution is 0.169. The smallest absolute Gasteiger partial charge is 0.166 e. The number of rotatable bonds is 2. The third kappa shape index (κ3) is 2.25. The Bertz CT molecular complexity index is 637. The Balaban J connectivity index is 2.02. The lowest BCUT2D eigenvalue weighted by Crippen LogP contribution is -2.20. The molecule has 2 N–H and O–H groups in total. The Hall–Kier alpha value is -2.00. The summed E-state index contributed by atoms with van der Waals surface area (Å²) in [5.41, 5.74) is 11.0. The first-order valence-electron chi connectivity index (χ1n) is 6.88. The van der Waals surface area contributed by atoms with Crippen molar-refractivity contribution < 1.29 is 9.47 Å². The van der Waals surface area contributed by atoms with Crippen LogP contribution in [0.2, 0.25) is 0 Å². The standard InChI is InChI=1S/C17H19NO2/c1-11-6-7-13(10-12(11)2)16(18)14-4-3-5-15-17(14)20-9-8-19-15/h3-7,10,16H,8-9,18H2,1-2H3. The monoisotopic (exact) mass is 269 g/mol. The molecule has 0 bridgehead atoms. The quantitative estimate of drug-likeness (QED) is 0.911. The summed E-state index contributed by atoms with van der Waals surface area (Å²) >= 11 is 0. The van der Waals surface area contributed by atoms with Gasteiger partial charge in [-0.2, -0.15) is 0 Å². The van der Waals surface area contributed by atoms with E-state index in [1.807, 2.05) is 18.2 Å². The van der Waals surface area contributed by atoms with Crippen LogP contribution in [0.5, 0.6) is 11.5 Å². The molecule has 0 amide bonds. The Morgan fingerprint density at radius 1 is 1.00 bits per heavy atom. The summed E-state index contributed by atoms with van der Waals surface area (Å²) in [6.45, 7) is 5.37. The maximum Gasteiger partial charge on any atom is 0.166 e. The van der Waals surface area contributed by atoms with E-state index in [-0.39, 0.29) is 6.04 Å². The average molecular weight is 269 g/mol. The van der Waals surface area contributed by atoms with Crippen molar-refractivity contribution in [3.8, 4) is 11.5 Å². The number of benzene rings is 2. The molecule has 0 saturated carbocycles. The van der Waals surface area contributed by atoms with Crippen molar-refractivity contribution in [3.63, 3.8) is 0 Å². The van der Waals surface area contributed by atoms with Crippen molar-refractivity contribution in [2.45, 2.75) is 19.9 Å². The van der Waals surface area contributed by atoms with E-state index < -0.39 is 0 Å². The number of nitrogens with two attached hydrogens (primary N) is 1. The highest BCUT2D eigenvalue weighted by Gasteiger charge is 2.20. The summed E-state index contributed by atoms with van der Waals surface area (Å²) in [6.07, 6.45) is 0. The number of para-hydroxylation sites is 1. The van der Waals surface area contributed by atoms with Gasteiger partial charge in [0.1, 0.15) is 13.2 Å². The molecule has 0 radical (unpaired) electrons. The summed E-state index contributed by atoms with van der Waals surface area (Å²) in [4.78, 5) is 0. The van der Waals surface area contributed by atoms with Crippen molar-refractivity contribution >= 4 is 0 Å². The molecule has 1 aliphatic heterocycles. The van der Waals surface area contributed by atoms with Crippen molar-refractivity contribution in [1.29, 1.82) is 0 Å². The highest BCUT2D eigenvalue weighted by Crippen LogP contribution is 2.38. The van der Waals surface area contributed by atoms with E-state index >= 15 is 0 Å². The van der Waals surface area contributed by atoms with Crippen LogP contribution in [-0.4, -0.2) is 13.2 Å². The highest BCUT2D eigenvalue weighted by molar-refractivity contribution is 5.51. The molecule has 3 heteroatoms. The molecule has 0 spiro atoms. The zero-order valence-corrected chi connectivity index (χ0v) is 11.8. The molecule has 104 valence electrons. The largest absolute Gasteiger partial charge is 0.486 e. The number of hydrogen-bond acceptors (Lipinski definition) is 3. The molecular formula is C17H19NO2. The molecule has 3 rings (SSSR count). The van der Waals surface area contributed by atoms with E-state index in [0.29, 0.717) is 13.2 Å². The molecule has 2 aromatic rings. The van der Waals surface area contributed by atoms with Crippen molar-refractivity contribution in [3.05, 3.63) is 58.7 Å². The Morgan fingerprint density at radius 3 is 2.60 bits per heavy atom. The zero-order valence-electron chi connectivity index (χ0n) is 11.8. The van der Waals surface area contributed by atoms with Crippen molar-refractivity contribution in [2.24, 2.45) is 5.73 Å². The van der Waals surface area contributed by atoms with Crippen LogP contribution in [0.15, 0.2) is 36.4 Å². The van der Waals surface area contributed by atoms with E-state index in [1.54, 1.807) is 0 Å². The summed E-state index contributed by atoms with van der Waals surface area (Å²) in [5, 5.41) is 0.